The van der Waals surface area contributed by atoms with Crippen LogP contribution in [0, 0.1) is 5.92 Å². The molecule has 132 valence electrons. The second-order valence-corrected chi connectivity index (χ2v) is 6.63. The van der Waals surface area contributed by atoms with Gasteiger partial charge in [0.25, 0.3) is 5.91 Å². The summed E-state index contributed by atoms with van der Waals surface area (Å²) in [6.07, 6.45) is 4.60. The van der Waals surface area contributed by atoms with E-state index in [0.717, 1.165) is 37.4 Å². The van der Waals surface area contributed by atoms with E-state index >= 15 is 0 Å². The molecule has 2 aromatic rings. The van der Waals surface area contributed by atoms with Crippen LogP contribution in [-0.2, 0) is 0 Å². The Bertz CT molecular complexity index is 695. The van der Waals surface area contributed by atoms with Gasteiger partial charge in [-0.2, -0.15) is 0 Å². The van der Waals surface area contributed by atoms with Crippen molar-refractivity contribution in [2.45, 2.75) is 18.9 Å². The van der Waals surface area contributed by atoms with E-state index in [1.807, 2.05) is 30.3 Å². The van der Waals surface area contributed by atoms with Gasteiger partial charge in [0.2, 0.25) is 0 Å². The molecular weight excluding hydrogens is 316 g/mol. The molecular formula is C19H24N4O2. The van der Waals surface area contributed by atoms with Crippen LogP contribution in [-0.4, -0.2) is 53.1 Å². The molecule has 1 N–H and O–H groups in total. The highest BCUT2D eigenvalue weighted by Crippen LogP contribution is 2.31. The van der Waals surface area contributed by atoms with E-state index < -0.39 is 6.10 Å². The SMILES string of the molecule is CN(C)C(=O)c1ccc(N2CCC(C(O)c3ccccn3)CC2)nc1. The molecule has 0 saturated carbocycles. The maximum Gasteiger partial charge on any atom is 0.254 e. The van der Waals surface area contributed by atoms with E-state index in [2.05, 4.69) is 14.9 Å². The number of carbonyl (C=O) groups is 1. The molecule has 1 aliphatic heterocycles. The first-order valence-electron chi connectivity index (χ1n) is 8.58. The second-order valence-electron chi connectivity index (χ2n) is 6.63. The number of pyridine rings is 2. The molecule has 25 heavy (non-hydrogen) atoms. The summed E-state index contributed by atoms with van der Waals surface area (Å²) in [5, 5.41) is 10.5. The number of carbonyl (C=O) groups excluding carboxylic acids is 1. The second kappa shape index (κ2) is 7.61. The quantitative estimate of drug-likeness (QED) is 0.923. The van der Waals surface area contributed by atoms with Gasteiger partial charge >= 0.3 is 0 Å². The molecule has 1 unspecified atom stereocenters. The molecule has 0 bridgehead atoms. The highest BCUT2D eigenvalue weighted by atomic mass is 16.3. The molecule has 1 saturated heterocycles. The highest BCUT2D eigenvalue weighted by molar-refractivity contribution is 5.93. The fourth-order valence-electron chi connectivity index (χ4n) is 3.19. The molecule has 0 aromatic carbocycles. The van der Waals surface area contributed by atoms with Crippen molar-refractivity contribution in [3.63, 3.8) is 0 Å². The highest BCUT2D eigenvalue weighted by Gasteiger charge is 2.27. The summed E-state index contributed by atoms with van der Waals surface area (Å²) in [7, 11) is 3.46. The Morgan fingerprint density at radius 3 is 2.52 bits per heavy atom. The van der Waals surface area contributed by atoms with Crippen LogP contribution in [0.25, 0.3) is 0 Å². The van der Waals surface area contributed by atoms with Crippen LogP contribution in [0.15, 0.2) is 42.7 Å². The van der Waals surface area contributed by atoms with Crippen LogP contribution < -0.4 is 4.90 Å². The Balaban J connectivity index is 1.60. The van der Waals surface area contributed by atoms with Gasteiger partial charge in [-0.15, -0.1) is 0 Å². The number of amides is 1. The molecule has 1 fully saturated rings. The van der Waals surface area contributed by atoms with Gasteiger partial charge in [-0.25, -0.2) is 4.98 Å². The van der Waals surface area contributed by atoms with Gasteiger partial charge in [-0.1, -0.05) is 6.07 Å². The summed E-state index contributed by atoms with van der Waals surface area (Å²) < 4.78 is 0. The molecule has 1 atom stereocenters. The maximum atomic E-state index is 11.9. The van der Waals surface area contributed by atoms with Gasteiger partial charge < -0.3 is 14.9 Å². The van der Waals surface area contributed by atoms with Crippen molar-refractivity contribution in [3.8, 4) is 0 Å². The Hall–Kier alpha value is -2.47. The number of anilines is 1. The zero-order valence-electron chi connectivity index (χ0n) is 14.7. The van der Waals surface area contributed by atoms with E-state index in [1.165, 1.54) is 0 Å². The number of hydrogen-bond donors (Lipinski definition) is 1. The minimum Gasteiger partial charge on any atom is -0.387 e. The predicted octanol–water partition coefficient (Wildman–Crippen LogP) is 2.13. The van der Waals surface area contributed by atoms with Crippen LogP contribution in [0.5, 0.6) is 0 Å². The molecule has 1 aliphatic rings. The van der Waals surface area contributed by atoms with Crippen LogP contribution in [0.2, 0.25) is 0 Å². The Labute approximate surface area is 148 Å². The average Bonchev–Trinajstić information content (AvgIpc) is 2.67. The van der Waals surface area contributed by atoms with Crippen molar-refractivity contribution in [1.29, 1.82) is 0 Å². The number of rotatable bonds is 4. The number of hydrogen-bond acceptors (Lipinski definition) is 5. The Morgan fingerprint density at radius 2 is 1.96 bits per heavy atom. The lowest BCUT2D eigenvalue weighted by molar-refractivity contribution is 0.0827. The van der Waals surface area contributed by atoms with Crippen molar-refractivity contribution in [2.24, 2.45) is 5.92 Å². The van der Waals surface area contributed by atoms with E-state index in [9.17, 15) is 9.90 Å². The summed E-state index contributed by atoms with van der Waals surface area (Å²) in [4.78, 5) is 24.4. The predicted molar refractivity (Wildman–Crippen MR) is 96.4 cm³/mol. The van der Waals surface area contributed by atoms with Crippen molar-refractivity contribution < 1.29 is 9.90 Å². The molecule has 0 aliphatic carbocycles. The van der Waals surface area contributed by atoms with Gasteiger partial charge in [0.05, 0.1) is 17.4 Å². The van der Waals surface area contributed by atoms with Crippen molar-refractivity contribution >= 4 is 11.7 Å². The molecule has 3 heterocycles. The van der Waals surface area contributed by atoms with E-state index in [0.29, 0.717) is 5.56 Å². The third kappa shape index (κ3) is 3.96. The van der Waals surface area contributed by atoms with Crippen LogP contribution >= 0.6 is 0 Å². The number of aliphatic hydroxyl groups excluding tert-OH is 1. The molecule has 2 aromatic heterocycles. The van der Waals surface area contributed by atoms with E-state index in [4.69, 9.17) is 0 Å². The van der Waals surface area contributed by atoms with E-state index in [1.54, 1.807) is 31.4 Å². The van der Waals surface area contributed by atoms with Crippen molar-refractivity contribution in [2.75, 3.05) is 32.1 Å². The van der Waals surface area contributed by atoms with E-state index in [-0.39, 0.29) is 11.8 Å². The van der Waals surface area contributed by atoms with Gasteiger partial charge in [0.1, 0.15) is 5.82 Å². The molecule has 6 heteroatoms. The topological polar surface area (TPSA) is 69.6 Å². The van der Waals surface area contributed by atoms with Gasteiger partial charge in [0, 0.05) is 39.6 Å². The summed E-state index contributed by atoms with van der Waals surface area (Å²) in [5.41, 5.74) is 1.33. The Kier molecular flexibility index (Phi) is 5.28. The first kappa shape index (κ1) is 17.4. The van der Waals surface area contributed by atoms with Gasteiger partial charge in [-0.3, -0.25) is 9.78 Å². The fourth-order valence-corrected chi connectivity index (χ4v) is 3.19. The molecule has 0 radical (unpaired) electrons. The monoisotopic (exact) mass is 340 g/mol. The standard InChI is InChI=1S/C19H24N4O2/c1-22(2)19(25)15-6-7-17(21-13-15)23-11-8-14(9-12-23)18(24)16-5-3-4-10-20-16/h3-7,10,13-14,18,24H,8-9,11-12H2,1-2H3. The third-order valence-corrected chi connectivity index (χ3v) is 4.70. The normalized spacial score (nSPS) is 16.5. The summed E-state index contributed by atoms with van der Waals surface area (Å²) >= 11 is 0. The van der Waals surface area contributed by atoms with Gasteiger partial charge in [-0.05, 0) is 43.0 Å². The minimum absolute atomic E-state index is 0.0451. The lowest BCUT2D eigenvalue weighted by atomic mass is 9.89. The molecule has 3 rings (SSSR count). The average molecular weight is 340 g/mol. The van der Waals surface area contributed by atoms with Crippen LogP contribution in [0.1, 0.15) is 35.0 Å². The lowest BCUT2D eigenvalue weighted by Crippen LogP contribution is -2.36. The number of piperidine rings is 1. The molecule has 0 spiro atoms. The fraction of sp³-hybridized carbons (Fsp3) is 0.421. The molecule has 1 amide bonds. The lowest BCUT2D eigenvalue weighted by Gasteiger charge is -2.34. The van der Waals surface area contributed by atoms with Crippen LogP contribution in [0.4, 0.5) is 5.82 Å². The molecule has 6 nitrogen and oxygen atoms in total. The smallest absolute Gasteiger partial charge is 0.254 e. The summed E-state index contributed by atoms with van der Waals surface area (Å²) in [5.74, 6) is 1.04. The first-order chi connectivity index (χ1) is 12.1. The summed E-state index contributed by atoms with van der Waals surface area (Å²) in [6.45, 7) is 1.67. The minimum atomic E-state index is -0.517. The van der Waals surface area contributed by atoms with Crippen molar-refractivity contribution in [3.05, 3.63) is 54.0 Å². The zero-order chi connectivity index (χ0) is 17.8. The maximum absolute atomic E-state index is 11.9. The number of aromatic nitrogens is 2. The number of aliphatic hydroxyl groups is 1. The largest absolute Gasteiger partial charge is 0.387 e. The van der Waals surface area contributed by atoms with Gasteiger partial charge in [0.15, 0.2) is 0 Å². The third-order valence-electron chi connectivity index (χ3n) is 4.70. The van der Waals surface area contributed by atoms with Crippen LogP contribution in [0.3, 0.4) is 0 Å². The zero-order valence-corrected chi connectivity index (χ0v) is 14.7. The Morgan fingerprint density at radius 1 is 1.20 bits per heavy atom. The summed E-state index contributed by atoms with van der Waals surface area (Å²) in [6, 6.07) is 9.35. The van der Waals surface area contributed by atoms with Crippen molar-refractivity contribution in [1.82, 2.24) is 14.9 Å². The first-order valence-corrected chi connectivity index (χ1v) is 8.58. The number of nitrogens with zero attached hydrogens (tertiary/aromatic N) is 4.